The van der Waals surface area contributed by atoms with Gasteiger partial charge in [0.25, 0.3) is 0 Å². The van der Waals surface area contributed by atoms with E-state index in [4.69, 9.17) is 18.9 Å². The lowest BCUT2D eigenvalue weighted by molar-refractivity contribution is -0.145. The molecule has 0 saturated carbocycles. The summed E-state index contributed by atoms with van der Waals surface area (Å²) in [5.41, 5.74) is 1.58. The fraction of sp³-hybridized carbons (Fsp3) is 0.333. The third-order valence-electron chi connectivity index (χ3n) is 4.19. The Labute approximate surface area is 164 Å². The summed E-state index contributed by atoms with van der Waals surface area (Å²) >= 11 is 0. The Morgan fingerprint density at radius 2 is 1.50 bits per heavy atom. The third kappa shape index (κ3) is 5.39. The first-order chi connectivity index (χ1) is 13.5. The molecule has 2 aromatic carbocycles. The van der Waals surface area contributed by atoms with Gasteiger partial charge in [0.05, 0.1) is 34.9 Å². The molecular weight excluding hydrogens is 362 g/mol. The van der Waals surface area contributed by atoms with Crippen molar-refractivity contribution in [1.82, 2.24) is 5.32 Å². The van der Waals surface area contributed by atoms with Crippen LogP contribution in [-0.4, -0.2) is 46.4 Å². The summed E-state index contributed by atoms with van der Waals surface area (Å²) in [6.07, 6.45) is 0.382. The number of ether oxygens (including phenoxy) is 4. The van der Waals surface area contributed by atoms with Crippen molar-refractivity contribution in [3.05, 3.63) is 53.6 Å². The summed E-state index contributed by atoms with van der Waals surface area (Å²) in [5, 5.41) is 2.74. The lowest BCUT2D eigenvalue weighted by Gasteiger charge is -2.17. The van der Waals surface area contributed by atoms with E-state index in [1.165, 1.54) is 28.4 Å². The average molecular weight is 387 g/mol. The molecular formula is C21H25NO6. The van der Waals surface area contributed by atoms with Crippen molar-refractivity contribution in [3.63, 3.8) is 0 Å². The first kappa shape index (κ1) is 21.1. The number of amides is 1. The minimum atomic E-state index is -0.776. The Bertz CT molecular complexity index is 781. The quantitative estimate of drug-likeness (QED) is 0.664. The third-order valence-corrected chi connectivity index (χ3v) is 4.19. The second-order valence-electron chi connectivity index (χ2n) is 6.04. The number of nitrogens with one attached hydrogen (secondary N) is 1. The van der Waals surface area contributed by atoms with Gasteiger partial charge in [-0.3, -0.25) is 4.79 Å². The zero-order valence-corrected chi connectivity index (χ0v) is 16.5. The van der Waals surface area contributed by atoms with Crippen molar-refractivity contribution in [2.45, 2.75) is 18.9 Å². The molecule has 0 bridgehead atoms. The first-order valence-electron chi connectivity index (χ1n) is 8.72. The Morgan fingerprint density at radius 3 is 2.00 bits per heavy atom. The molecule has 0 saturated heterocycles. The summed E-state index contributed by atoms with van der Waals surface area (Å²) in [4.78, 5) is 24.7. The van der Waals surface area contributed by atoms with E-state index in [-0.39, 0.29) is 12.3 Å². The molecule has 1 amide bonds. The predicted molar refractivity (Wildman–Crippen MR) is 104 cm³/mol. The van der Waals surface area contributed by atoms with Crippen LogP contribution in [0.4, 0.5) is 0 Å². The molecule has 0 radical (unpaired) electrons. The van der Waals surface area contributed by atoms with Gasteiger partial charge >= 0.3 is 5.97 Å². The molecule has 1 N–H and O–H groups in total. The fourth-order valence-electron chi connectivity index (χ4n) is 2.85. The largest absolute Gasteiger partial charge is 0.493 e. The summed E-state index contributed by atoms with van der Waals surface area (Å²) in [6, 6.07) is 12.0. The van der Waals surface area contributed by atoms with E-state index < -0.39 is 12.0 Å². The predicted octanol–water partition coefficient (Wildman–Crippen LogP) is 2.16. The minimum absolute atomic E-state index is 0.0407. The molecule has 0 aromatic heterocycles. The second kappa shape index (κ2) is 10.2. The monoisotopic (exact) mass is 387 g/mol. The smallest absolute Gasteiger partial charge is 0.328 e. The van der Waals surface area contributed by atoms with E-state index in [2.05, 4.69) is 5.32 Å². The van der Waals surface area contributed by atoms with Gasteiger partial charge in [-0.05, 0) is 23.3 Å². The molecule has 0 aliphatic rings. The van der Waals surface area contributed by atoms with Gasteiger partial charge in [-0.15, -0.1) is 0 Å². The van der Waals surface area contributed by atoms with Gasteiger partial charge in [-0.2, -0.15) is 0 Å². The van der Waals surface area contributed by atoms with Crippen LogP contribution in [0.1, 0.15) is 11.1 Å². The van der Waals surface area contributed by atoms with E-state index in [9.17, 15) is 9.59 Å². The topological polar surface area (TPSA) is 83.1 Å². The Morgan fingerprint density at radius 1 is 0.893 bits per heavy atom. The number of carbonyl (C=O) groups is 2. The summed E-state index contributed by atoms with van der Waals surface area (Å²) in [6.45, 7) is 0. The van der Waals surface area contributed by atoms with Crippen molar-refractivity contribution in [3.8, 4) is 17.2 Å². The number of hydrogen-bond acceptors (Lipinski definition) is 6. The van der Waals surface area contributed by atoms with Gasteiger partial charge in [0, 0.05) is 6.42 Å². The molecule has 7 nitrogen and oxygen atoms in total. The molecule has 2 rings (SSSR count). The Balaban J connectivity index is 2.15. The Hall–Kier alpha value is -3.22. The molecule has 1 atom stereocenters. The molecule has 0 heterocycles. The van der Waals surface area contributed by atoms with Crippen molar-refractivity contribution in [1.29, 1.82) is 0 Å². The normalized spacial score (nSPS) is 11.3. The number of methoxy groups -OCH3 is 4. The van der Waals surface area contributed by atoms with Crippen LogP contribution in [-0.2, 0) is 27.2 Å². The number of rotatable bonds is 9. The van der Waals surface area contributed by atoms with Gasteiger partial charge in [0.1, 0.15) is 6.04 Å². The van der Waals surface area contributed by atoms with Crippen molar-refractivity contribution in [2.24, 2.45) is 0 Å². The van der Waals surface area contributed by atoms with Gasteiger partial charge in [-0.25, -0.2) is 4.79 Å². The molecule has 0 aliphatic heterocycles. The zero-order chi connectivity index (χ0) is 20.5. The van der Waals surface area contributed by atoms with Crippen LogP contribution in [0.3, 0.4) is 0 Å². The number of esters is 1. The van der Waals surface area contributed by atoms with E-state index in [1.807, 2.05) is 30.3 Å². The first-order valence-corrected chi connectivity index (χ1v) is 8.72. The van der Waals surface area contributed by atoms with E-state index in [0.717, 1.165) is 5.56 Å². The van der Waals surface area contributed by atoms with Gasteiger partial charge in [0.15, 0.2) is 11.5 Å². The Kier molecular flexibility index (Phi) is 7.68. The number of carbonyl (C=O) groups excluding carboxylic acids is 2. The van der Waals surface area contributed by atoms with E-state index in [0.29, 0.717) is 29.2 Å². The van der Waals surface area contributed by atoms with Crippen LogP contribution in [0, 0.1) is 0 Å². The van der Waals surface area contributed by atoms with Crippen LogP contribution >= 0.6 is 0 Å². The van der Waals surface area contributed by atoms with Crippen LogP contribution in [0.15, 0.2) is 42.5 Å². The summed E-state index contributed by atoms with van der Waals surface area (Å²) < 4.78 is 20.7. The highest BCUT2D eigenvalue weighted by Gasteiger charge is 2.23. The van der Waals surface area contributed by atoms with E-state index in [1.54, 1.807) is 12.1 Å². The lowest BCUT2D eigenvalue weighted by atomic mass is 10.0. The molecule has 7 heteroatoms. The van der Waals surface area contributed by atoms with Crippen molar-refractivity contribution >= 4 is 11.9 Å². The minimum Gasteiger partial charge on any atom is -0.493 e. The van der Waals surface area contributed by atoms with Crippen molar-refractivity contribution < 1.29 is 28.5 Å². The highest BCUT2D eigenvalue weighted by molar-refractivity contribution is 5.86. The standard InChI is InChI=1S/C21H25NO6/c1-25-17-11-15(12-18(26-2)20(17)27-3)13-19(23)22-16(21(24)28-4)10-14-8-6-5-7-9-14/h5-9,11-12,16H,10,13H2,1-4H3,(H,22,23)/t16-/m0/s1. The molecule has 0 spiro atoms. The highest BCUT2D eigenvalue weighted by atomic mass is 16.5. The average Bonchev–Trinajstić information content (AvgIpc) is 2.72. The molecule has 0 unspecified atom stereocenters. The highest BCUT2D eigenvalue weighted by Crippen LogP contribution is 2.38. The molecule has 28 heavy (non-hydrogen) atoms. The fourth-order valence-corrected chi connectivity index (χ4v) is 2.85. The van der Waals surface area contributed by atoms with E-state index >= 15 is 0 Å². The maximum Gasteiger partial charge on any atom is 0.328 e. The van der Waals surface area contributed by atoms with Crippen LogP contribution in [0.2, 0.25) is 0 Å². The molecule has 0 aliphatic carbocycles. The molecule has 2 aromatic rings. The lowest BCUT2D eigenvalue weighted by Crippen LogP contribution is -2.43. The number of hydrogen-bond donors (Lipinski definition) is 1. The summed E-state index contributed by atoms with van der Waals surface area (Å²) in [5.74, 6) is 0.547. The SMILES string of the molecule is COC(=O)[C@H](Cc1ccccc1)NC(=O)Cc1cc(OC)c(OC)c(OC)c1. The molecule has 0 fully saturated rings. The number of benzene rings is 2. The van der Waals surface area contributed by atoms with Crippen LogP contribution in [0.25, 0.3) is 0 Å². The second-order valence-corrected chi connectivity index (χ2v) is 6.04. The zero-order valence-electron chi connectivity index (χ0n) is 16.5. The van der Waals surface area contributed by atoms with Gasteiger partial charge in [-0.1, -0.05) is 30.3 Å². The van der Waals surface area contributed by atoms with Gasteiger partial charge < -0.3 is 24.3 Å². The summed E-state index contributed by atoms with van der Waals surface area (Å²) in [7, 11) is 5.82. The van der Waals surface area contributed by atoms with Gasteiger partial charge in [0.2, 0.25) is 11.7 Å². The van der Waals surface area contributed by atoms with Crippen LogP contribution in [0.5, 0.6) is 17.2 Å². The maximum absolute atomic E-state index is 12.6. The molecule has 150 valence electrons. The van der Waals surface area contributed by atoms with Crippen molar-refractivity contribution in [2.75, 3.05) is 28.4 Å². The maximum atomic E-state index is 12.6. The van der Waals surface area contributed by atoms with Crippen LogP contribution < -0.4 is 19.5 Å².